The SMILES string of the molecule is O=S(=O)(Cc1ccccc1)NCCCCn1ccnc1. The smallest absolute Gasteiger partial charge is 0.215 e. The first-order valence-electron chi connectivity index (χ1n) is 6.63. The van der Waals surface area contributed by atoms with Crippen LogP contribution >= 0.6 is 0 Å². The summed E-state index contributed by atoms with van der Waals surface area (Å²) >= 11 is 0. The highest BCUT2D eigenvalue weighted by molar-refractivity contribution is 7.88. The Hall–Kier alpha value is -1.66. The summed E-state index contributed by atoms with van der Waals surface area (Å²) in [7, 11) is -3.24. The van der Waals surface area contributed by atoms with Crippen LogP contribution in [0, 0.1) is 0 Å². The Balaban J connectivity index is 1.67. The van der Waals surface area contributed by atoms with Crippen molar-refractivity contribution in [3.05, 3.63) is 54.6 Å². The van der Waals surface area contributed by atoms with E-state index in [1.165, 1.54) is 0 Å². The van der Waals surface area contributed by atoms with E-state index >= 15 is 0 Å². The number of imidazole rings is 1. The van der Waals surface area contributed by atoms with E-state index in [9.17, 15) is 8.42 Å². The minimum atomic E-state index is -3.24. The first kappa shape index (κ1) is 14.7. The van der Waals surface area contributed by atoms with Gasteiger partial charge in [0.25, 0.3) is 0 Å². The van der Waals surface area contributed by atoms with Crippen molar-refractivity contribution >= 4 is 10.0 Å². The van der Waals surface area contributed by atoms with E-state index in [2.05, 4.69) is 9.71 Å². The van der Waals surface area contributed by atoms with Gasteiger partial charge >= 0.3 is 0 Å². The maximum Gasteiger partial charge on any atom is 0.215 e. The van der Waals surface area contributed by atoms with Crippen molar-refractivity contribution < 1.29 is 8.42 Å². The molecule has 0 atom stereocenters. The summed E-state index contributed by atoms with van der Waals surface area (Å²) < 4.78 is 28.4. The molecule has 20 heavy (non-hydrogen) atoms. The Morgan fingerprint density at radius 3 is 2.65 bits per heavy atom. The van der Waals surface area contributed by atoms with Crippen molar-refractivity contribution in [2.75, 3.05) is 6.54 Å². The van der Waals surface area contributed by atoms with Gasteiger partial charge in [0, 0.05) is 25.5 Å². The Bertz CT molecular complexity index is 595. The standard InChI is InChI=1S/C14H19N3O2S/c18-20(19,12-14-6-2-1-3-7-14)16-8-4-5-10-17-11-9-15-13-17/h1-3,6-7,9,11,13,16H,4-5,8,10,12H2. The molecule has 6 heteroatoms. The van der Waals surface area contributed by atoms with Gasteiger partial charge in [0.1, 0.15) is 0 Å². The molecule has 0 aliphatic rings. The largest absolute Gasteiger partial charge is 0.337 e. The fourth-order valence-corrected chi connectivity index (χ4v) is 3.10. The van der Waals surface area contributed by atoms with Crippen LogP contribution in [0.3, 0.4) is 0 Å². The first-order chi connectivity index (χ1) is 9.66. The monoisotopic (exact) mass is 293 g/mol. The van der Waals surface area contributed by atoms with Crippen LogP contribution in [0.2, 0.25) is 0 Å². The highest BCUT2D eigenvalue weighted by Gasteiger charge is 2.10. The molecular formula is C14H19N3O2S. The van der Waals surface area contributed by atoms with Gasteiger partial charge in [-0.2, -0.15) is 0 Å². The number of sulfonamides is 1. The van der Waals surface area contributed by atoms with E-state index in [4.69, 9.17) is 0 Å². The number of rotatable bonds is 8. The maximum atomic E-state index is 11.9. The summed E-state index contributed by atoms with van der Waals surface area (Å²) in [5.74, 6) is 0.0371. The maximum absolute atomic E-state index is 11.9. The van der Waals surface area contributed by atoms with Crippen LogP contribution in [-0.4, -0.2) is 24.5 Å². The third-order valence-corrected chi connectivity index (χ3v) is 4.28. The van der Waals surface area contributed by atoms with E-state index in [0.29, 0.717) is 6.54 Å². The van der Waals surface area contributed by atoms with Crippen LogP contribution in [0.25, 0.3) is 0 Å². The minimum absolute atomic E-state index is 0.0371. The van der Waals surface area contributed by atoms with Gasteiger partial charge in [-0.25, -0.2) is 18.1 Å². The number of hydrogen-bond acceptors (Lipinski definition) is 3. The average Bonchev–Trinajstić information content (AvgIpc) is 2.92. The molecule has 5 nitrogen and oxygen atoms in total. The summed E-state index contributed by atoms with van der Waals surface area (Å²) in [4.78, 5) is 3.96. The van der Waals surface area contributed by atoms with Crippen LogP contribution in [0.1, 0.15) is 18.4 Å². The summed E-state index contributed by atoms with van der Waals surface area (Å²) in [6, 6.07) is 9.20. The number of unbranched alkanes of at least 4 members (excludes halogenated alkanes) is 1. The van der Waals surface area contributed by atoms with Gasteiger partial charge in [0.05, 0.1) is 12.1 Å². The molecule has 108 valence electrons. The molecule has 0 saturated carbocycles. The van der Waals surface area contributed by atoms with Gasteiger partial charge in [-0.05, 0) is 18.4 Å². The second-order valence-electron chi connectivity index (χ2n) is 4.65. The van der Waals surface area contributed by atoms with Gasteiger partial charge in [0.2, 0.25) is 10.0 Å². The Labute approximate surface area is 119 Å². The second kappa shape index (κ2) is 7.21. The van der Waals surface area contributed by atoms with E-state index in [-0.39, 0.29) is 5.75 Å². The second-order valence-corrected chi connectivity index (χ2v) is 6.45. The lowest BCUT2D eigenvalue weighted by molar-refractivity contribution is 0.565. The Kier molecular flexibility index (Phi) is 5.31. The van der Waals surface area contributed by atoms with Crippen molar-refractivity contribution in [1.29, 1.82) is 0 Å². The van der Waals surface area contributed by atoms with Crippen molar-refractivity contribution in [2.24, 2.45) is 0 Å². The topological polar surface area (TPSA) is 64.0 Å². The molecule has 0 saturated heterocycles. The molecule has 1 N–H and O–H groups in total. The molecule has 0 aliphatic heterocycles. The molecule has 0 spiro atoms. The number of aryl methyl sites for hydroxylation is 1. The molecule has 2 aromatic rings. The summed E-state index contributed by atoms with van der Waals surface area (Å²) in [6.07, 6.45) is 7.14. The molecule has 0 bridgehead atoms. The van der Waals surface area contributed by atoms with Gasteiger partial charge in [0.15, 0.2) is 0 Å². The predicted octanol–water partition coefficient (Wildman–Crippen LogP) is 1.78. The van der Waals surface area contributed by atoms with E-state index < -0.39 is 10.0 Å². The van der Waals surface area contributed by atoms with E-state index in [1.54, 1.807) is 12.5 Å². The predicted molar refractivity (Wildman–Crippen MR) is 78.5 cm³/mol. The third kappa shape index (κ3) is 5.14. The zero-order valence-electron chi connectivity index (χ0n) is 11.3. The zero-order chi connectivity index (χ0) is 14.3. The van der Waals surface area contributed by atoms with Crippen molar-refractivity contribution in [3.8, 4) is 0 Å². The lowest BCUT2D eigenvalue weighted by Crippen LogP contribution is -2.26. The summed E-state index contributed by atoms with van der Waals surface area (Å²) in [5, 5.41) is 0. The molecule has 0 amide bonds. The van der Waals surface area contributed by atoms with Gasteiger partial charge in [-0.15, -0.1) is 0 Å². The van der Waals surface area contributed by atoms with Gasteiger partial charge in [-0.3, -0.25) is 0 Å². The van der Waals surface area contributed by atoms with Crippen molar-refractivity contribution in [2.45, 2.75) is 25.1 Å². The van der Waals surface area contributed by atoms with Crippen molar-refractivity contribution in [1.82, 2.24) is 14.3 Å². The van der Waals surface area contributed by atoms with Gasteiger partial charge < -0.3 is 4.57 Å². The molecule has 0 aliphatic carbocycles. The van der Waals surface area contributed by atoms with Gasteiger partial charge in [-0.1, -0.05) is 30.3 Å². The number of aromatic nitrogens is 2. The third-order valence-electron chi connectivity index (χ3n) is 2.92. The van der Waals surface area contributed by atoms with Crippen LogP contribution in [0.5, 0.6) is 0 Å². The lowest BCUT2D eigenvalue weighted by Gasteiger charge is -2.07. The highest BCUT2D eigenvalue weighted by atomic mass is 32.2. The van der Waals surface area contributed by atoms with Crippen LogP contribution in [0.4, 0.5) is 0 Å². The molecule has 0 radical (unpaired) electrons. The number of hydrogen-bond donors (Lipinski definition) is 1. The summed E-state index contributed by atoms with van der Waals surface area (Å²) in [5.41, 5.74) is 0.804. The Morgan fingerprint density at radius 1 is 1.15 bits per heavy atom. The van der Waals surface area contributed by atoms with Crippen molar-refractivity contribution in [3.63, 3.8) is 0 Å². The number of nitrogens with zero attached hydrogens (tertiary/aromatic N) is 2. The minimum Gasteiger partial charge on any atom is -0.337 e. The van der Waals surface area contributed by atoms with Crippen LogP contribution < -0.4 is 4.72 Å². The number of benzene rings is 1. The number of nitrogens with one attached hydrogen (secondary N) is 1. The highest BCUT2D eigenvalue weighted by Crippen LogP contribution is 2.04. The molecule has 0 fully saturated rings. The molecule has 1 aromatic carbocycles. The fourth-order valence-electron chi connectivity index (χ4n) is 1.91. The molecule has 2 rings (SSSR count). The average molecular weight is 293 g/mol. The fraction of sp³-hybridized carbons (Fsp3) is 0.357. The van der Waals surface area contributed by atoms with Crippen LogP contribution in [0.15, 0.2) is 49.1 Å². The molecule has 1 heterocycles. The zero-order valence-corrected chi connectivity index (χ0v) is 12.1. The molecular weight excluding hydrogens is 274 g/mol. The summed E-state index contributed by atoms with van der Waals surface area (Å²) in [6.45, 7) is 1.34. The van der Waals surface area contributed by atoms with E-state index in [0.717, 1.165) is 24.9 Å². The lowest BCUT2D eigenvalue weighted by atomic mass is 10.2. The molecule has 1 aromatic heterocycles. The molecule has 0 unspecified atom stereocenters. The quantitative estimate of drug-likeness (QED) is 0.755. The normalized spacial score (nSPS) is 11.6. The first-order valence-corrected chi connectivity index (χ1v) is 8.28. The van der Waals surface area contributed by atoms with Crippen LogP contribution in [-0.2, 0) is 22.3 Å². The Morgan fingerprint density at radius 2 is 1.95 bits per heavy atom. The van der Waals surface area contributed by atoms with E-state index in [1.807, 2.05) is 41.1 Å².